The number of carbonyl (C=O) groups is 1. The lowest BCUT2D eigenvalue weighted by Gasteiger charge is -2.29. The zero-order valence-corrected chi connectivity index (χ0v) is 12.3. The minimum atomic E-state index is -0.534. The molecule has 0 atom stereocenters. The molecule has 2 rings (SSSR count). The van der Waals surface area contributed by atoms with Gasteiger partial charge in [-0.2, -0.15) is 0 Å². The van der Waals surface area contributed by atoms with Crippen molar-refractivity contribution in [2.75, 3.05) is 46.3 Å². The van der Waals surface area contributed by atoms with Gasteiger partial charge in [0.2, 0.25) is 0 Å². The van der Waals surface area contributed by atoms with Crippen molar-refractivity contribution in [3.8, 4) is 0 Å². The van der Waals surface area contributed by atoms with Crippen LogP contribution in [0.1, 0.15) is 10.4 Å². The molecular weight excluding hydrogens is 281 g/mol. The Labute approximate surface area is 123 Å². The second-order valence-electron chi connectivity index (χ2n) is 4.94. The van der Waals surface area contributed by atoms with Gasteiger partial charge in [-0.15, -0.1) is 0 Å². The topological polar surface area (TPSA) is 35.6 Å². The summed E-state index contributed by atoms with van der Waals surface area (Å²) in [6.45, 7) is 5.28. The zero-order valence-electron chi connectivity index (χ0n) is 11.5. The van der Waals surface area contributed by atoms with Crippen LogP contribution in [0.5, 0.6) is 0 Å². The average Bonchev–Trinajstić information content (AvgIpc) is 2.47. The molecule has 0 aliphatic carbocycles. The van der Waals surface area contributed by atoms with Gasteiger partial charge < -0.3 is 10.2 Å². The summed E-state index contributed by atoms with van der Waals surface area (Å²) < 4.78 is 13.7. The molecule has 0 unspecified atom stereocenters. The highest BCUT2D eigenvalue weighted by molar-refractivity contribution is 6.30. The lowest BCUT2D eigenvalue weighted by molar-refractivity contribution is 0.0770. The van der Waals surface area contributed by atoms with Crippen LogP contribution < -0.4 is 5.32 Å². The molecule has 1 saturated heterocycles. The van der Waals surface area contributed by atoms with E-state index in [-0.39, 0.29) is 11.5 Å². The van der Waals surface area contributed by atoms with Gasteiger partial charge in [-0.25, -0.2) is 4.39 Å². The molecule has 0 bridgehead atoms. The third-order valence-electron chi connectivity index (χ3n) is 3.47. The Kier molecular flexibility index (Phi) is 5.34. The normalized spacial score (nSPS) is 16.1. The second-order valence-corrected chi connectivity index (χ2v) is 5.38. The molecule has 6 heteroatoms. The van der Waals surface area contributed by atoms with Gasteiger partial charge in [0.25, 0.3) is 5.91 Å². The Bertz CT molecular complexity index is 477. The number of amides is 1. The fraction of sp³-hybridized carbons (Fsp3) is 0.500. The van der Waals surface area contributed by atoms with E-state index in [4.69, 9.17) is 11.6 Å². The smallest absolute Gasteiger partial charge is 0.256 e. The third kappa shape index (κ3) is 3.91. The van der Waals surface area contributed by atoms with Gasteiger partial charge in [0.15, 0.2) is 0 Å². The van der Waals surface area contributed by atoms with Gasteiger partial charge in [0.1, 0.15) is 5.82 Å². The first kappa shape index (κ1) is 15.2. The van der Waals surface area contributed by atoms with Gasteiger partial charge in [0, 0.05) is 51.3 Å². The molecule has 0 spiro atoms. The lowest BCUT2D eigenvalue weighted by atomic mass is 10.2. The molecule has 1 aromatic rings. The number of likely N-dealkylation sites (N-methyl/N-ethyl adjacent to an activating group) is 1. The first-order valence-corrected chi connectivity index (χ1v) is 7.09. The van der Waals surface area contributed by atoms with E-state index in [1.807, 2.05) is 0 Å². The summed E-state index contributed by atoms with van der Waals surface area (Å²) in [5, 5.41) is 3.64. The fourth-order valence-electron chi connectivity index (χ4n) is 2.19. The summed E-state index contributed by atoms with van der Waals surface area (Å²) in [5.74, 6) is -0.867. The van der Waals surface area contributed by atoms with Crippen molar-refractivity contribution in [1.29, 1.82) is 0 Å². The van der Waals surface area contributed by atoms with Gasteiger partial charge in [-0.1, -0.05) is 11.6 Å². The zero-order chi connectivity index (χ0) is 14.5. The molecule has 1 aliphatic rings. The van der Waals surface area contributed by atoms with Crippen molar-refractivity contribution in [2.45, 2.75) is 0 Å². The van der Waals surface area contributed by atoms with Gasteiger partial charge in [-0.3, -0.25) is 9.69 Å². The van der Waals surface area contributed by atoms with Crippen LogP contribution in [0.25, 0.3) is 0 Å². The van der Waals surface area contributed by atoms with Crippen molar-refractivity contribution in [3.63, 3.8) is 0 Å². The minimum absolute atomic E-state index is 0.0281. The van der Waals surface area contributed by atoms with Crippen LogP contribution in [0.15, 0.2) is 18.2 Å². The molecule has 110 valence electrons. The molecule has 1 amide bonds. The summed E-state index contributed by atoms with van der Waals surface area (Å²) in [4.78, 5) is 16.0. The molecule has 20 heavy (non-hydrogen) atoms. The second kappa shape index (κ2) is 7.02. The summed E-state index contributed by atoms with van der Waals surface area (Å²) >= 11 is 5.81. The van der Waals surface area contributed by atoms with Crippen LogP contribution in [-0.2, 0) is 0 Å². The van der Waals surface area contributed by atoms with E-state index in [9.17, 15) is 9.18 Å². The number of carbonyl (C=O) groups excluding carboxylic acids is 1. The molecule has 1 heterocycles. The van der Waals surface area contributed by atoms with E-state index in [0.29, 0.717) is 11.6 Å². The van der Waals surface area contributed by atoms with Crippen LogP contribution >= 0.6 is 11.6 Å². The summed E-state index contributed by atoms with van der Waals surface area (Å²) in [7, 11) is 1.69. The van der Waals surface area contributed by atoms with Crippen molar-refractivity contribution >= 4 is 17.5 Å². The van der Waals surface area contributed by atoms with Crippen molar-refractivity contribution < 1.29 is 9.18 Å². The van der Waals surface area contributed by atoms with E-state index >= 15 is 0 Å². The Morgan fingerprint density at radius 1 is 1.45 bits per heavy atom. The number of hydrogen-bond acceptors (Lipinski definition) is 3. The molecular formula is C14H19ClFN3O. The van der Waals surface area contributed by atoms with Crippen molar-refractivity contribution in [1.82, 2.24) is 15.1 Å². The lowest BCUT2D eigenvalue weighted by Crippen LogP contribution is -2.46. The number of benzene rings is 1. The number of nitrogens with one attached hydrogen (secondary N) is 1. The summed E-state index contributed by atoms with van der Waals surface area (Å²) in [6.07, 6.45) is 0. The van der Waals surface area contributed by atoms with Crippen LogP contribution in [0.2, 0.25) is 5.02 Å². The molecule has 1 aliphatic heterocycles. The quantitative estimate of drug-likeness (QED) is 0.914. The molecule has 1 fully saturated rings. The van der Waals surface area contributed by atoms with Crippen LogP contribution in [0, 0.1) is 5.82 Å². The monoisotopic (exact) mass is 299 g/mol. The summed E-state index contributed by atoms with van der Waals surface area (Å²) in [5.41, 5.74) is 0.0281. The van der Waals surface area contributed by atoms with Crippen molar-refractivity contribution in [3.05, 3.63) is 34.6 Å². The fourth-order valence-corrected chi connectivity index (χ4v) is 2.37. The van der Waals surface area contributed by atoms with E-state index < -0.39 is 5.82 Å². The van der Waals surface area contributed by atoms with Crippen molar-refractivity contribution in [2.24, 2.45) is 0 Å². The first-order chi connectivity index (χ1) is 9.58. The molecule has 0 radical (unpaired) electrons. The van der Waals surface area contributed by atoms with Crippen LogP contribution in [0.4, 0.5) is 4.39 Å². The number of hydrogen-bond donors (Lipinski definition) is 1. The maximum Gasteiger partial charge on any atom is 0.256 e. The third-order valence-corrected chi connectivity index (χ3v) is 3.70. The molecule has 1 aromatic carbocycles. The number of nitrogens with zero attached hydrogens (tertiary/aromatic N) is 2. The maximum absolute atomic E-state index is 13.7. The Morgan fingerprint density at radius 2 is 2.15 bits per heavy atom. The van der Waals surface area contributed by atoms with Crippen LogP contribution in [-0.4, -0.2) is 62.0 Å². The van der Waals surface area contributed by atoms with Gasteiger partial charge >= 0.3 is 0 Å². The van der Waals surface area contributed by atoms with Gasteiger partial charge in [0.05, 0.1) is 5.56 Å². The highest BCUT2D eigenvalue weighted by Crippen LogP contribution is 2.16. The standard InChI is InChI=1S/C14H19ClFN3O/c1-18(8-9-19-6-4-17-5-7-19)14(20)12-10-11(15)2-3-13(12)16/h2-3,10,17H,4-9H2,1H3. The number of rotatable bonds is 4. The Hall–Kier alpha value is -1.17. The number of piperazine rings is 1. The van der Waals surface area contributed by atoms with E-state index in [0.717, 1.165) is 32.7 Å². The van der Waals surface area contributed by atoms with E-state index in [2.05, 4.69) is 10.2 Å². The molecule has 0 aromatic heterocycles. The highest BCUT2D eigenvalue weighted by atomic mass is 35.5. The molecule has 0 saturated carbocycles. The van der Waals surface area contributed by atoms with Gasteiger partial charge in [-0.05, 0) is 18.2 Å². The predicted octanol–water partition coefficient (Wildman–Crippen LogP) is 1.46. The SMILES string of the molecule is CN(CCN1CCNCC1)C(=O)c1cc(Cl)ccc1F. The molecule has 1 N–H and O–H groups in total. The largest absolute Gasteiger partial charge is 0.340 e. The maximum atomic E-state index is 13.7. The average molecular weight is 300 g/mol. The predicted molar refractivity (Wildman–Crippen MR) is 77.7 cm³/mol. The minimum Gasteiger partial charge on any atom is -0.340 e. The van der Waals surface area contributed by atoms with E-state index in [1.165, 1.54) is 23.1 Å². The first-order valence-electron chi connectivity index (χ1n) is 6.71. The number of halogens is 2. The molecule has 4 nitrogen and oxygen atoms in total. The van der Waals surface area contributed by atoms with E-state index in [1.54, 1.807) is 7.05 Å². The summed E-state index contributed by atoms with van der Waals surface area (Å²) in [6, 6.07) is 4.04. The Morgan fingerprint density at radius 3 is 2.85 bits per heavy atom. The van der Waals surface area contributed by atoms with Crippen LogP contribution in [0.3, 0.4) is 0 Å². The Balaban J connectivity index is 1.92. The highest BCUT2D eigenvalue weighted by Gasteiger charge is 2.18.